The fourth-order valence-corrected chi connectivity index (χ4v) is 2.91. The van der Waals surface area contributed by atoms with Crippen LogP contribution in [0, 0.1) is 0 Å². The van der Waals surface area contributed by atoms with E-state index in [1.807, 2.05) is 12.1 Å². The Bertz CT molecular complexity index is 538. The molecule has 2 aromatic carbocycles. The molecule has 0 aliphatic carbocycles. The van der Waals surface area contributed by atoms with Crippen LogP contribution in [0.1, 0.15) is 67.8 Å². The molecule has 0 aromatic heterocycles. The number of rotatable bonds is 5. The Labute approximate surface area is 127 Å². The van der Waals surface area contributed by atoms with Crippen molar-refractivity contribution < 1.29 is 5.21 Å². The van der Waals surface area contributed by atoms with E-state index in [2.05, 4.69) is 69.6 Å². The Kier molecular flexibility index (Phi) is 5.16. The molecular weight excluding hydrogens is 258 g/mol. The van der Waals surface area contributed by atoms with E-state index in [0.717, 1.165) is 11.1 Å². The molecule has 0 aliphatic heterocycles. The van der Waals surface area contributed by atoms with Crippen molar-refractivity contribution in [1.29, 1.82) is 0 Å². The zero-order chi connectivity index (χ0) is 15.4. The van der Waals surface area contributed by atoms with Gasteiger partial charge in [0.2, 0.25) is 0 Å². The van der Waals surface area contributed by atoms with Crippen LogP contribution in [0.15, 0.2) is 48.5 Å². The third-order valence-electron chi connectivity index (χ3n) is 3.99. The second kappa shape index (κ2) is 6.88. The van der Waals surface area contributed by atoms with Crippen molar-refractivity contribution in [3.05, 3.63) is 70.8 Å². The topological polar surface area (TPSA) is 32.3 Å². The van der Waals surface area contributed by atoms with Gasteiger partial charge in [-0.15, -0.1) is 0 Å². The molecule has 2 heteroatoms. The fraction of sp³-hybridized carbons (Fsp3) is 0.368. The molecule has 0 spiro atoms. The van der Waals surface area contributed by atoms with Gasteiger partial charge in [-0.25, -0.2) is 0 Å². The van der Waals surface area contributed by atoms with E-state index < -0.39 is 0 Å². The number of nitrogens with one attached hydrogen (secondary N) is 1. The zero-order valence-corrected chi connectivity index (χ0v) is 13.3. The summed E-state index contributed by atoms with van der Waals surface area (Å²) in [6.07, 6.45) is 0. The van der Waals surface area contributed by atoms with E-state index in [9.17, 15) is 5.21 Å². The van der Waals surface area contributed by atoms with Crippen LogP contribution in [0.5, 0.6) is 0 Å². The highest BCUT2D eigenvalue weighted by atomic mass is 16.5. The third-order valence-corrected chi connectivity index (χ3v) is 3.99. The summed E-state index contributed by atoms with van der Waals surface area (Å²) in [6, 6.07) is 16.5. The molecular formula is C19H25NO. The third kappa shape index (κ3) is 3.34. The minimum atomic E-state index is -0.192. The summed E-state index contributed by atoms with van der Waals surface area (Å²) in [4.78, 5) is 0. The molecule has 0 unspecified atom stereocenters. The molecule has 0 bridgehead atoms. The molecule has 0 amide bonds. The number of hydrogen-bond donors (Lipinski definition) is 2. The van der Waals surface area contributed by atoms with Crippen molar-refractivity contribution in [2.24, 2.45) is 0 Å². The maximum Gasteiger partial charge on any atom is 0.0824 e. The van der Waals surface area contributed by atoms with E-state index >= 15 is 0 Å². The van der Waals surface area contributed by atoms with Crippen LogP contribution >= 0.6 is 0 Å². The van der Waals surface area contributed by atoms with Crippen molar-refractivity contribution in [3.8, 4) is 0 Å². The Hall–Kier alpha value is -1.64. The molecule has 0 saturated heterocycles. The first-order valence-electron chi connectivity index (χ1n) is 7.63. The largest absolute Gasteiger partial charge is 0.316 e. The van der Waals surface area contributed by atoms with Gasteiger partial charge in [-0.2, -0.15) is 5.48 Å². The maximum atomic E-state index is 9.80. The molecule has 0 saturated carbocycles. The molecule has 0 atom stereocenters. The molecule has 0 aliphatic rings. The zero-order valence-electron chi connectivity index (χ0n) is 13.3. The highest BCUT2D eigenvalue weighted by Gasteiger charge is 2.21. The summed E-state index contributed by atoms with van der Waals surface area (Å²) < 4.78 is 0. The lowest BCUT2D eigenvalue weighted by Gasteiger charge is -2.24. The second-order valence-electron chi connectivity index (χ2n) is 6.13. The first-order chi connectivity index (χ1) is 10.1. The molecule has 0 heterocycles. The minimum Gasteiger partial charge on any atom is -0.316 e. The van der Waals surface area contributed by atoms with Gasteiger partial charge >= 0.3 is 0 Å². The molecule has 2 nitrogen and oxygen atoms in total. The van der Waals surface area contributed by atoms with Gasteiger partial charge in [0.15, 0.2) is 0 Å². The van der Waals surface area contributed by atoms with Crippen molar-refractivity contribution in [2.75, 3.05) is 0 Å². The van der Waals surface area contributed by atoms with Crippen molar-refractivity contribution in [2.45, 2.75) is 45.6 Å². The number of benzene rings is 2. The lowest BCUT2D eigenvalue weighted by Crippen LogP contribution is -2.21. The van der Waals surface area contributed by atoms with Gasteiger partial charge in [0.05, 0.1) is 6.04 Å². The van der Waals surface area contributed by atoms with Crippen LogP contribution in [0.25, 0.3) is 0 Å². The second-order valence-corrected chi connectivity index (χ2v) is 6.13. The number of hydrogen-bond acceptors (Lipinski definition) is 2. The summed E-state index contributed by atoms with van der Waals surface area (Å²) in [7, 11) is 0. The van der Waals surface area contributed by atoms with Crippen LogP contribution in [0.3, 0.4) is 0 Å². The summed E-state index contributed by atoms with van der Waals surface area (Å²) in [5.74, 6) is 0.839. The first kappa shape index (κ1) is 15.7. The Morgan fingerprint density at radius 1 is 0.667 bits per heavy atom. The predicted octanol–water partition coefficient (Wildman–Crippen LogP) is 5.00. The standard InChI is InChI=1S/C19H25NO/c1-13(2)15-9-5-7-11-17(15)19(20-21)18-12-8-6-10-16(18)14(3)4/h5-14,19-21H,1-4H3. The van der Waals surface area contributed by atoms with Gasteiger partial charge in [-0.05, 0) is 34.1 Å². The van der Waals surface area contributed by atoms with Gasteiger partial charge in [-0.3, -0.25) is 0 Å². The van der Waals surface area contributed by atoms with Gasteiger partial charge in [0.25, 0.3) is 0 Å². The van der Waals surface area contributed by atoms with Gasteiger partial charge in [-0.1, -0.05) is 76.2 Å². The van der Waals surface area contributed by atoms with Crippen LogP contribution in [0.2, 0.25) is 0 Å². The minimum absolute atomic E-state index is 0.192. The van der Waals surface area contributed by atoms with Crippen LogP contribution in [0.4, 0.5) is 0 Å². The lowest BCUT2D eigenvalue weighted by atomic mass is 9.86. The van der Waals surface area contributed by atoms with E-state index in [4.69, 9.17) is 0 Å². The summed E-state index contributed by atoms with van der Waals surface area (Å²) in [6.45, 7) is 8.73. The Morgan fingerprint density at radius 3 is 1.29 bits per heavy atom. The van der Waals surface area contributed by atoms with E-state index in [1.54, 1.807) is 0 Å². The van der Waals surface area contributed by atoms with Crippen LogP contribution < -0.4 is 5.48 Å². The van der Waals surface area contributed by atoms with Crippen molar-refractivity contribution in [1.82, 2.24) is 5.48 Å². The van der Waals surface area contributed by atoms with Gasteiger partial charge < -0.3 is 5.21 Å². The van der Waals surface area contributed by atoms with Crippen LogP contribution in [-0.4, -0.2) is 5.21 Å². The van der Waals surface area contributed by atoms with Gasteiger partial charge in [0, 0.05) is 0 Å². The monoisotopic (exact) mass is 283 g/mol. The predicted molar refractivity (Wildman–Crippen MR) is 87.8 cm³/mol. The average molecular weight is 283 g/mol. The molecule has 2 aromatic rings. The van der Waals surface area contributed by atoms with Crippen molar-refractivity contribution >= 4 is 0 Å². The fourth-order valence-electron chi connectivity index (χ4n) is 2.91. The van der Waals surface area contributed by atoms with E-state index in [0.29, 0.717) is 11.8 Å². The molecule has 112 valence electrons. The highest BCUT2D eigenvalue weighted by Crippen LogP contribution is 2.33. The smallest absolute Gasteiger partial charge is 0.0824 e. The lowest BCUT2D eigenvalue weighted by molar-refractivity contribution is 0.140. The SMILES string of the molecule is CC(C)c1ccccc1C(NO)c1ccccc1C(C)C. The molecule has 21 heavy (non-hydrogen) atoms. The number of hydroxylamine groups is 1. The normalized spacial score (nSPS) is 11.6. The Morgan fingerprint density at radius 2 is 1.00 bits per heavy atom. The quantitative estimate of drug-likeness (QED) is 0.757. The summed E-state index contributed by atoms with van der Waals surface area (Å²) in [5.41, 5.74) is 7.34. The van der Waals surface area contributed by atoms with E-state index in [1.165, 1.54) is 11.1 Å². The Balaban J connectivity index is 2.56. The highest BCUT2D eigenvalue weighted by molar-refractivity contribution is 5.42. The average Bonchev–Trinajstić information content (AvgIpc) is 2.48. The maximum absolute atomic E-state index is 9.80. The van der Waals surface area contributed by atoms with Crippen molar-refractivity contribution in [3.63, 3.8) is 0 Å². The molecule has 0 fully saturated rings. The molecule has 2 rings (SSSR count). The van der Waals surface area contributed by atoms with Gasteiger partial charge in [0.1, 0.15) is 0 Å². The van der Waals surface area contributed by atoms with E-state index in [-0.39, 0.29) is 6.04 Å². The molecule has 0 radical (unpaired) electrons. The summed E-state index contributed by atoms with van der Waals surface area (Å²) in [5, 5.41) is 9.80. The van der Waals surface area contributed by atoms with Crippen LogP contribution in [-0.2, 0) is 0 Å². The first-order valence-corrected chi connectivity index (χ1v) is 7.63. The summed E-state index contributed by atoms with van der Waals surface area (Å²) >= 11 is 0. The molecule has 2 N–H and O–H groups in total.